The van der Waals surface area contributed by atoms with E-state index in [1.807, 2.05) is 30.3 Å². The zero-order chi connectivity index (χ0) is 22.0. The molecule has 0 radical (unpaired) electrons. The van der Waals surface area contributed by atoms with Crippen molar-refractivity contribution in [1.29, 1.82) is 0 Å². The van der Waals surface area contributed by atoms with Gasteiger partial charge in [-0.15, -0.1) is 10.2 Å². The highest BCUT2D eigenvalue weighted by Gasteiger charge is 2.28. The van der Waals surface area contributed by atoms with Crippen molar-refractivity contribution in [2.75, 3.05) is 13.1 Å². The van der Waals surface area contributed by atoms with Gasteiger partial charge in [0.1, 0.15) is 10.7 Å². The molecule has 7 nitrogen and oxygen atoms in total. The summed E-state index contributed by atoms with van der Waals surface area (Å²) in [6.45, 7) is 1.38. The van der Waals surface area contributed by atoms with Crippen LogP contribution in [-0.2, 0) is 9.84 Å². The molecule has 0 aliphatic carbocycles. The van der Waals surface area contributed by atoms with Crippen molar-refractivity contribution < 1.29 is 8.42 Å². The van der Waals surface area contributed by atoms with Crippen LogP contribution in [0.4, 0.5) is 0 Å². The third-order valence-electron chi connectivity index (χ3n) is 5.47. The van der Waals surface area contributed by atoms with E-state index >= 15 is 0 Å². The summed E-state index contributed by atoms with van der Waals surface area (Å²) >= 11 is 1.45. The van der Waals surface area contributed by atoms with Gasteiger partial charge in [0.25, 0.3) is 0 Å². The number of sulfone groups is 1. The second kappa shape index (κ2) is 8.85. The van der Waals surface area contributed by atoms with Crippen LogP contribution < -0.4 is 5.32 Å². The molecular formula is C23H21N5O2S2. The van der Waals surface area contributed by atoms with Gasteiger partial charge in [0, 0.05) is 17.7 Å². The van der Waals surface area contributed by atoms with E-state index in [1.165, 1.54) is 11.3 Å². The van der Waals surface area contributed by atoms with Crippen molar-refractivity contribution in [3.05, 3.63) is 67.0 Å². The fourth-order valence-corrected chi connectivity index (χ4v) is 6.24. The maximum Gasteiger partial charge on any atom is 0.182 e. The van der Waals surface area contributed by atoms with Crippen LogP contribution >= 0.6 is 11.3 Å². The predicted octanol–water partition coefficient (Wildman–Crippen LogP) is 3.85. The van der Waals surface area contributed by atoms with Gasteiger partial charge in [-0.3, -0.25) is 4.98 Å². The maximum atomic E-state index is 12.9. The normalized spacial score (nSPS) is 16.7. The van der Waals surface area contributed by atoms with E-state index in [2.05, 4.69) is 25.5 Å². The van der Waals surface area contributed by atoms with Crippen molar-refractivity contribution in [1.82, 2.24) is 25.5 Å². The molecule has 1 unspecified atom stereocenters. The first kappa shape index (κ1) is 20.9. The fraction of sp³-hybridized carbons (Fsp3) is 0.217. The minimum absolute atomic E-state index is 0.343. The molecule has 1 atom stereocenters. The average molecular weight is 464 g/mol. The van der Waals surface area contributed by atoms with E-state index in [0.717, 1.165) is 29.1 Å². The van der Waals surface area contributed by atoms with E-state index < -0.39 is 9.84 Å². The summed E-state index contributed by atoms with van der Waals surface area (Å²) in [5.41, 5.74) is 3.09. The Balaban J connectivity index is 1.40. The first-order valence-electron chi connectivity index (χ1n) is 10.4. The molecule has 2 aromatic carbocycles. The van der Waals surface area contributed by atoms with Crippen LogP contribution in [0.3, 0.4) is 0 Å². The van der Waals surface area contributed by atoms with Crippen LogP contribution in [0.25, 0.3) is 32.5 Å². The quantitative estimate of drug-likeness (QED) is 0.480. The molecule has 9 heteroatoms. The molecule has 4 aromatic rings. The first-order chi connectivity index (χ1) is 15.6. The first-order valence-corrected chi connectivity index (χ1v) is 12.7. The molecule has 1 N–H and O–H groups in total. The van der Waals surface area contributed by atoms with E-state index in [-0.39, 0.29) is 5.25 Å². The average Bonchev–Trinajstić information content (AvgIpc) is 3.36. The molecule has 162 valence electrons. The highest BCUT2D eigenvalue weighted by Crippen LogP contribution is 2.30. The third-order valence-corrected chi connectivity index (χ3v) is 8.67. The molecule has 2 aromatic heterocycles. The fourth-order valence-electron chi connectivity index (χ4n) is 3.72. The molecule has 1 aliphatic heterocycles. The number of rotatable bonds is 5. The standard InChI is InChI=1S/C23H21N5O2S2/c29-32(30,19-7-4-12-24-13-19)18-10-8-16(9-11-18)20-14-25-15-21(26-20)23-28-27-22(31-23)17-5-2-1-3-6-17/h1-3,5-6,8-11,14-15,19,24H,4,7,12-13H2. The molecular weight excluding hydrogens is 442 g/mol. The molecule has 1 fully saturated rings. The van der Waals surface area contributed by atoms with Gasteiger partial charge in [0.05, 0.1) is 28.2 Å². The van der Waals surface area contributed by atoms with Crippen LogP contribution in [0.1, 0.15) is 12.8 Å². The summed E-state index contributed by atoms with van der Waals surface area (Å²) in [7, 11) is -3.35. The Morgan fingerprint density at radius 2 is 1.62 bits per heavy atom. The highest BCUT2D eigenvalue weighted by molar-refractivity contribution is 7.92. The lowest BCUT2D eigenvalue weighted by atomic mass is 10.1. The van der Waals surface area contributed by atoms with Gasteiger partial charge in [-0.05, 0) is 31.5 Å². The van der Waals surface area contributed by atoms with Gasteiger partial charge >= 0.3 is 0 Å². The predicted molar refractivity (Wildman–Crippen MR) is 125 cm³/mol. The summed E-state index contributed by atoms with van der Waals surface area (Å²) in [5.74, 6) is 0. The Morgan fingerprint density at radius 1 is 0.875 bits per heavy atom. The topological polar surface area (TPSA) is 97.7 Å². The second-order valence-corrected chi connectivity index (χ2v) is 10.8. The van der Waals surface area contributed by atoms with Gasteiger partial charge in [-0.25, -0.2) is 13.4 Å². The molecule has 0 amide bonds. The van der Waals surface area contributed by atoms with E-state index in [0.29, 0.717) is 34.3 Å². The van der Waals surface area contributed by atoms with Crippen molar-refractivity contribution >= 4 is 21.2 Å². The molecule has 1 saturated heterocycles. The summed E-state index contributed by atoms with van der Waals surface area (Å²) < 4.78 is 25.8. The van der Waals surface area contributed by atoms with Crippen LogP contribution in [0.15, 0.2) is 71.9 Å². The molecule has 0 bridgehead atoms. The van der Waals surface area contributed by atoms with Crippen molar-refractivity contribution in [3.63, 3.8) is 0 Å². The molecule has 0 saturated carbocycles. The number of piperidine rings is 1. The van der Waals surface area contributed by atoms with Gasteiger partial charge in [0.2, 0.25) is 0 Å². The van der Waals surface area contributed by atoms with Gasteiger partial charge in [-0.1, -0.05) is 53.8 Å². The van der Waals surface area contributed by atoms with Crippen molar-refractivity contribution in [3.8, 4) is 32.5 Å². The Hall–Kier alpha value is -3.01. The van der Waals surface area contributed by atoms with E-state index in [9.17, 15) is 8.42 Å². The summed E-state index contributed by atoms with van der Waals surface area (Å²) in [4.78, 5) is 9.35. The molecule has 0 spiro atoms. The molecule has 1 aliphatic rings. The van der Waals surface area contributed by atoms with Crippen LogP contribution in [0.2, 0.25) is 0 Å². The number of hydrogen-bond donors (Lipinski definition) is 1. The van der Waals surface area contributed by atoms with Crippen LogP contribution in [0.5, 0.6) is 0 Å². The lowest BCUT2D eigenvalue weighted by Crippen LogP contribution is -2.38. The van der Waals surface area contributed by atoms with Gasteiger partial charge in [0.15, 0.2) is 14.8 Å². The number of aromatic nitrogens is 4. The zero-order valence-corrected chi connectivity index (χ0v) is 18.8. The number of nitrogens with zero attached hydrogens (tertiary/aromatic N) is 4. The monoisotopic (exact) mass is 463 g/mol. The SMILES string of the molecule is O=S(=O)(c1ccc(-c2cncc(-c3nnc(-c4ccccc4)s3)n2)cc1)C1CCCNC1. The second-order valence-electron chi connectivity index (χ2n) is 7.61. The minimum atomic E-state index is -3.35. The number of hydrogen-bond acceptors (Lipinski definition) is 8. The smallest absolute Gasteiger partial charge is 0.182 e. The summed E-state index contributed by atoms with van der Waals surface area (Å²) in [6, 6.07) is 16.8. The third kappa shape index (κ3) is 4.19. The van der Waals surface area contributed by atoms with Crippen LogP contribution in [-0.4, -0.2) is 46.9 Å². The van der Waals surface area contributed by atoms with E-state index in [4.69, 9.17) is 0 Å². The molecule has 32 heavy (non-hydrogen) atoms. The Bertz CT molecular complexity index is 1320. The zero-order valence-electron chi connectivity index (χ0n) is 17.2. The maximum absolute atomic E-state index is 12.9. The van der Waals surface area contributed by atoms with E-state index in [1.54, 1.807) is 36.7 Å². The Labute approximate surface area is 190 Å². The Morgan fingerprint density at radius 3 is 2.38 bits per heavy atom. The number of benzene rings is 2. The van der Waals surface area contributed by atoms with Gasteiger partial charge < -0.3 is 5.32 Å². The largest absolute Gasteiger partial charge is 0.315 e. The summed E-state index contributed by atoms with van der Waals surface area (Å²) in [6.07, 6.45) is 4.89. The minimum Gasteiger partial charge on any atom is -0.315 e. The molecule has 3 heterocycles. The highest BCUT2D eigenvalue weighted by atomic mass is 32.2. The lowest BCUT2D eigenvalue weighted by molar-refractivity contribution is 0.497. The Kier molecular flexibility index (Phi) is 5.77. The van der Waals surface area contributed by atoms with Crippen molar-refractivity contribution in [2.45, 2.75) is 23.0 Å². The molecule has 5 rings (SSSR count). The number of nitrogens with one attached hydrogen (secondary N) is 1. The van der Waals surface area contributed by atoms with Crippen LogP contribution in [0, 0.1) is 0 Å². The van der Waals surface area contributed by atoms with Crippen molar-refractivity contribution in [2.24, 2.45) is 0 Å². The van der Waals surface area contributed by atoms with Gasteiger partial charge in [-0.2, -0.15) is 0 Å². The summed E-state index contributed by atoms with van der Waals surface area (Å²) in [5, 5.41) is 12.9. The lowest BCUT2D eigenvalue weighted by Gasteiger charge is -2.22.